The summed E-state index contributed by atoms with van der Waals surface area (Å²) in [4.78, 5) is 28.6. The molecule has 0 saturated carbocycles. The Morgan fingerprint density at radius 2 is 1.90 bits per heavy atom. The number of rotatable bonds is 5. The molecule has 1 aromatic heterocycles. The van der Waals surface area contributed by atoms with Crippen LogP contribution in [0.15, 0.2) is 35.7 Å². The maximum atomic E-state index is 12.8. The number of piperidine rings is 1. The van der Waals surface area contributed by atoms with Gasteiger partial charge in [-0.1, -0.05) is 25.1 Å². The van der Waals surface area contributed by atoms with Crippen molar-refractivity contribution in [3.05, 3.63) is 51.7 Å². The monoisotopic (exact) mass is 411 g/mol. The van der Waals surface area contributed by atoms with Crippen LogP contribution in [0.1, 0.15) is 47.0 Å². The molecule has 4 rings (SSSR count). The molecule has 29 heavy (non-hydrogen) atoms. The van der Waals surface area contributed by atoms with Crippen LogP contribution in [-0.4, -0.2) is 42.4 Å². The molecule has 1 fully saturated rings. The maximum Gasteiger partial charge on any atom is 0.252 e. The summed E-state index contributed by atoms with van der Waals surface area (Å²) in [7, 11) is 0. The van der Waals surface area contributed by atoms with Gasteiger partial charge in [-0.2, -0.15) is 0 Å². The first-order valence-electron chi connectivity index (χ1n) is 10.6. The van der Waals surface area contributed by atoms with Crippen molar-refractivity contribution in [3.63, 3.8) is 0 Å². The van der Waals surface area contributed by atoms with Gasteiger partial charge in [0.05, 0.1) is 12.1 Å². The lowest BCUT2D eigenvalue weighted by atomic mass is 9.88. The Kier molecular flexibility index (Phi) is 6.31. The van der Waals surface area contributed by atoms with Gasteiger partial charge in [0.2, 0.25) is 5.91 Å². The minimum atomic E-state index is 0.0119. The van der Waals surface area contributed by atoms with E-state index in [1.807, 2.05) is 35.7 Å². The van der Waals surface area contributed by atoms with Crippen molar-refractivity contribution in [2.75, 3.05) is 25.0 Å². The Bertz CT molecular complexity index is 856. The Morgan fingerprint density at radius 3 is 2.66 bits per heavy atom. The first-order valence-corrected chi connectivity index (χ1v) is 11.4. The number of anilines is 1. The fraction of sp³-hybridized carbons (Fsp3) is 0.478. The number of fused-ring (bicyclic) bond motifs is 1. The number of amides is 2. The van der Waals surface area contributed by atoms with E-state index in [4.69, 9.17) is 0 Å². The SMILES string of the molecule is CC1CCc2c(C(=O)NC3CCN(CC(=O)Nc4ccccc4)CC3)csc2C1. The molecule has 2 N–H and O–H groups in total. The van der Waals surface area contributed by atoms with E-state index in [9.17, 15) is 9.59 Å². The Balaban J connectivity index is 1.24. The van der Waals surface area contributed by atoms with Gasteiger partial charge in [0.1, 0.15) is 0 Å². The molecular weight excluding hydrogens is 382 g/mol. The van der Waals surface area contributed by atoms with Crippen LogP contribution in [0.25, 0.3) is 0 Å². The maximum absolute atomic E-state index is 12.8. The predicted octanol–water partition coefficient (Wildman–Crippen LogP) is 3.71. The van der Waals surface area contributed by atoms with Gasteiger partial charge < -0.3 is 10.6 Å². The number of hydrogen-bond donors (Lipinski definition) is 2. The van der Waals surface area contributed by atoms with Crippen molar-refractivity contribution in [2.24, 2.45) is 5.92 Å². The van der Waals surface area contributed by atoms with Gasteiger partial charge in [-0.25, -0.2) is 0 Å². The number of hydrogen-bond acceptors (Lipinski definition) is 4. The number of carbonyl (C=O) groups is 2. The van der Waals surface area contributed by atoms with E-state index < -0.39 is 0 Å². The molecule has 1 saturated heterocycles. The standard InChI is InChI=1S/C23H29N3O2S/c1-16-7-8-19-20(15-29-21(19)13-16)23(28)25-18-9-11-26(12-10-18)14-22(27)24-17-5-3-2-4-6-17/h2-6,15-16,18H,7-14H2,1H3,(H,24,27)(H,25,28). The highest BCUT2D eigenvalue weighted by Crippen LogP contribution is 2.32. The van der Waals surface area contributed by atoms with Crippen LogP contribution in [0.5, 0.6) is 0 Å². The molecule has 2 aliphatic rings. The van der Waals surface area contributed by atoms with Crippen LogP contribution in [0.4, 0.5) is 5.69 Å². The van der Waals surface area contributed by atoms with E-state index >= 15 is 0 Å². The zero-order valence-electron chi connectivity index (χ0n) is 16.9. The zero-order chi connectivity index (χ0) is 20.2. The Labute approximate surface area is 176 Å². The predicted molar refractivity (Wildman–Crippen MR) is 118 cm³/mol. The van der Waals surface area contributed by atoms with E-state index in [0.717, 1.165) is 55.9 Å². The molecule has 1 aliphatic carbocycles. The van der Waals surface area contributed by atoms with E-state index in [2.05, 4.69) is 22.5 Å². The number of nitrogens with zero attached hydrogens (tertiary/aromatic N) is 1. The average molecular weight is 412 g/mol. The summed E-state index contributed by atoms with van der Waals surface area (Å²) < 4.78 is 0. The molecule has 1 aromatic carbocycles. The quantitative estimate of drug-likeness (QED) is 0.789. The van der Waals surface area contributed by atoms with E-state index in [1.54, 1.807) is 11.3 Å². The topological polar surface area (TPSA) is 61.4 Å². The second-order valence-corrected chi connectivity index (χ2v) is 9.30. The number of carbonyl (C=O) groups excluding carboxylic acids is 2. The molecular formula is C23H29N3O2S. The highest BCUT2D eigenvalue weighted by molar-refractivity contribution is 7.10. The van der Waals surface area contributed by atoms with Crippen LogP contribution in [0.2, 0.25) is 0 Å². The highest BCUT2D eigenvalue weighted by atomic mass is 32.1. The number of nitrogens with one attached hydrogen (secondary N) is 2. The van der Waals surface area contributed by atoms with Crippen LogP contribution >= 0.6 is 11.3 Å². The fourth-order valence-electron chi connectivity index (χ4n) is 4.29. The van der Waals surface area contributed by atoms with Crippen LogP contribution < -0.4 is 10.6 Å². The van der Waals surface area contributed by atoms with E-state index in [-0.39, 0.29) is 17.9 Å². The number of para-hydroxylation sites is 1. The molecule has 5 nitrogen and oxygen atoms in total. The molecule has 1 unspecified atom stereocenters. The summed E-state index contributed by atoms with van der Waals surface area (Å²) >= 11 is 1.74. The number of benzene rings is 1. The zero-order valence-corrected chi connectivity index (χ0v) is 17.8. The summed E-state index contributed by atoms with van der Waals surface area (Å²) in [6, 6.07) is 9.73. The lowest BCUT2D eigenvalue weighted by Gasteiger charge is -2.32. The lowest BCUT2D eigenvalue weighted by molar-refractivity contribution is -0.117. The van der Waals surface area contributed by atoms with Crippen molar-refractivity contribution in [1.82, 2.24) is 10.2 Å². The van der Waals surface area contributed by atoms with Crippen LogP contribution in [-0.2, 0) is 17.6 Å². The summed E-state index contributed by atoms with van der Waals surface area (Å²) in [5.74, 6) is 0.815. The third-order valence-electron chi connectivity index (χ3n) is 5.99. The summed E-state index contributed by atoms with van der Waals surface area (Å²) in [6.07, 6.45) is 5.07. The highest BCUT2D eigenvalue weighted by Gasteiger charge is 2.26. The molecule has 1 aliphatic heterocycles. The minimum Gasteiger partial charge on any atom is -0.349 e. The third-order valence-corrected chi connectivity index (χ3v) is 7.05. The Morgan fingerprint density at radius 1 is 1.14 bits per heavy atom. The second-order valence-electron chi connectivity index (χ2n) is 8.34. The first kappa shape index (κ1) is 20.1. The fourth-order valence-corrected chi connectivity index (χ4v) is 5.54. The summed E-state index contributed by atoms with van der Waals surface area (Å²) in [6.45, 7) is 4.33. The molecule has 0 radical (unpaired) electrons. The van der Waals surface area contributed by atoms with Gasteiger partial charge in [0, 0.05) is 35.1 Å². The van der Waals surface area contributed by atoms with Crippen molar-refractivity contribution >= 4 is 28.8 Å². The molecule has 2 amide bonds. The smallest absolute Gasteiger partial charge is 0.252 e. The van der Waals surface area contributed by atoms with Crippen LogP contribution in [0.3, 0.4) is 0 Å². The van der Waals surface area contributed by atoms with Crippen LogP contribution in [0, 0.1) is 5.92 Å². The molecule has 1 atom stereocenters. The Hall–Kier alpha value is -2.18. The summed E-state index contributed by atoms with van der Waals surface area (Å²) in [5.41, 5.74) is 3.00. The summed E-state index contributed by atoms with van der Waals surface area (Å²) in [5, 5.41) is 8.21. The van der Waals surface area contributed by atoms with Gasteiger partial charge >= 0.3 is 0 Å². The largest absolute Gasteiger partial charge is 0.349 e. The lowest BCUT2D eigenvalue weighted by Crippen LogP contribution is -2.46. The minimum absolute atomic E-state index is 0.0119. The van der Waals surface area contributed by atoms with Gasteiger partial charge in [-0.05, 0) is 55.7 Å². The third kappa shape index (κ3) is 5.06. The first-order chi connectivity index (χ1) is 14.1. The van der Waals surface area contributed by atoms with Crippen molar-refractivity contribution in [2.45, 2.75) is 45.1 Å². The number of thiophene rings is 1. The molecule has 2 heterocycles. The van der Waals surface area contributed by atoms with E-state index in [1.165, 1.54) is 16.9 Å². The molecule has 154 valence electrons. The normalized spacial score (nSPS) is 20.1. The molecule has 0 spiro atoms. The molecule has 0 bridgehead atoms. The molecule has 6 heteroatoms. The number of likely N-dealkylation sites (tertiary alicyclic amines) is 1. The van der Waals surface area contributed by atoms with Gasteiger partial charge in [-0.3, -0.25) is 14.5 Å². The van der Waals surface area contributed by atoms with Crippen molar-refractivity contribution < 1.29 is 9.59 Å². The van der Waals surface area contributed by atoms with Gasteiger partial charge in [0.15, 0.2) is 0 Å². The molecule has 2 aromatic rings. The van der Waals surface area contributed by atoms with E-state index in [0.29, 0.717) is 6.54 Å². The second kappa shape index (κ2) is 9.09. The van der Waals surface area contributed by atoms with Crippen molar-refractivity contribution in [1.29, 1.82) is 0 Å². The average Bonchev–Trinajstić information content (AvgIpc) is 3.13. The van der Waals surface area contributed by atoms with Crippen molar-refractivity contribution in [3.8, 4) is 0 Å². The van der Waals surface area contributed by atoms with Gasteiger partial charge in [0.25, 0.3) is 5.91 Å². The van der Waals surface area contributed by atoms with Gasteiger partial charge in [-0.15, -0.1) is 11.3 Å².